The van der Waals surface area contributed by atoms with Crippen LogP contribution >= 0.6 is 0 Å². The maximum atomic E-state index is 12.7. The molecule has 0 saturated heterocycles. The number of benzene rings is 2. The number of carboxylic acid groups (broad SMARTS) is 1. The molecular weight excluding hydrogens is 434 g/mol. The van der Waals surface area contributed by atoms with Crippen LogP contribution in [0.1, 0.15) is 27.2 Å². The standard InChI is InChI=1S/C23H31NO7S/c1-23(2,3)13-14-31-15-20(25)21(22(26)27)24-32(28,29)19-11-7-17(8-12-19)16-5-9-18(30-4)10-6-16/h5-12,20-21,24-25H,13-15H2,1-4H3,(H,26,27)/t20-,21-/m1/s1. The Morgan fingerprint density at radius 3 is 2.03 bits per heavy atom. The predicted molar refractivity (Wildman–Crippen MR) is 121 cm³/mol. The molecule has 0 saturated carbocycles. The molecule has 0 bridgehead atoms. The fourth-order valence-electron chi connectivity index (χ4n) is 2.82. The monoisotopic (exact) mass is 465 g/mol. The number of hydrogen-bond acceptors (Lipinski definition) is 6. The number of nitrogens with one attached hydrogen (secondary N) is 1. The Kier molecular flexibility index (Phi) is 8.80. The first-order chi connectivity index (χ1) is 14.9. The van der Waals surface area contributed by atoms with E-state index in [1.54, 1.807) is 31.4 Å². The number of sulfonamides is 1. The van der Waals surface area contributed by atoms with E-state index in [-0.39, 0.29) is 16.9 Å². The van der Waals surface area contributed by atoms with Gasteiger partial charge in [0.15, 0.2) is 0 Å². The molecule has 2 atom stereocenters. The number of aliphatic hydroxyl groups excluding tert-OH is 1. The summed E-state index contributed by atoms with van der Waals surface area (Å²) in [6.07, 6.45) is -0.829. The second-order valence-corrected chi connectivity index (χ2v) is 10.4. The van der Waals surface area contributed by atoms with Gasteiger partial charge in [-0.2, -0.15) is 4.72 Å². The molecule has 2 aromatic rings. The van der Waals surface area contributed by atoms with E-state index >= 15 is 0 Å². The summed E-state index contributed by atoms with van der Waals surface area (Å²) in [5.74, 6) is -0.784. The Bertz CT molecular complexity index is 981. The number of ether oxygens (including phenoxy) is 2. The van der Waals surface area contributed by atoms with Crippen LogP contribution < -0.4 is 9.46 Å². The molecule has 3 N–H and O–H groups in total. The van der Waals surface area contributed by atoms with Gasteiger partial charge in [0, 0.05) is 6.61 Å². The van der Waals surface area contributed by atoms with Crippen LogP contribution in [0.3, 0.4) is 0 Å². The Labute approximate surface area is 189 Å². The lowest BCUT2D eigenvalue weighted by Gasteiger charge is -2.22. The van der Waals surface area contributed by atoms with E-state index in [4.69, 9.17) is 9.47 Å². The molecule has 2 aromatic carbocycles. The van der Waals surface area contributed by atoms with Gasteiger partial charge < -0.3 is 19.7 Å². The average molecular weight is 466 g/mol. The van der Waals surface area contributed by atoms with E-state index in [0.29, 0.717) is 18.8 Å². The maximum absolute atomic E-state index is 12.7. The highest BCUT2D eigenvalue weighted by Crippen LogP contribution is 2.24. The summed E-state index contributed by atoms with van der Waals surface area (Å²) in [6.45, 7) is 6.11. The molecule has 0 amide bonds. The summed E-state index contributed by atoms with van der Waals surface area (Å²) in [5.41, 5.74) is 1.68. The Balaban J connectivity index is 2.07. The largest absolute Gasteiger partial charge is 0.497 e. The molecule has 0 aromatic heterocycles. The Morgan fingerprint density at radius 2 is 1.56 bits per heavy atom. The minimum absolute atomic E-state index is 0.0245. The van der Waals surface area contributed by atoms with Crippen LogP contribution in [0.25, 0.3) is 11.1 Å². The zero-order valence-electron chi connectivity index (χ0n) is 18.7. The second kappa shape index (κ2) is 10.9. The van der Waals surface area contributed by atoms with Gasteiger partial charge in [0.2, 0.25) is 10.0 Å². The SMILES string of the molecule is COc1ccc(-c2ccc(S(=O)(=O)N[C@@H](C(=O)O)[C@H](O)COCCC(C)(C)C)cc2)cc1. The minimum Gasteiger partial charge on any atom is -0.497 e. The van der Waals surface area contributed by atoms with Crippen molar-refractivity contribution in [3.8, 4) is 16.9 Å². The number of rotatable bonds is 11. The van der Waals surface area contributed by atoms with Crippen molar-refractivity contribution in [2.45, 2.75) is 44.2 Å². The van der Waals surface area contributed by atoms with Crippen molar-refractivity contribution in [3.05, 3.63) is 48.5 Å². The minimum atomic E-state index is -4.18. The summed E-state index contributed by atoms with van der Waals surface area (Å²) in [4.78, 5) is 11.5. The highest BCUT2D eigenvalue weighted by Gasteiger charge is 2.32. The van der Waals surface area contributed by atoms with E-state index in [0.717, 1.165) is 11.1 Å². The van der Waals surface area contributed by atoms with Crippen molar-refractivity contribution in [2.24, 2.45) is 5.41 Å². The topological polar surface area (TPSA) is 122 Å². The summed E-state index contributed by atoms with van der Waals surface area (Å²) < 4.78 is 37.9. The second-order valence-electron chi connectivity index (χ2n) is 8.64. The summed E-state index contributed by atoms with van der Waals surface area (Å²) in [7, 11) is -2.61. The third kappa shape index (κ3) is 7.59. The maximum Gasteiger partial charge on any atom is 0.324 e. The molecule has 0 aliphatic rings. The van der Waals surface area contributed by atoms with Gasteiger partial charge in [-0.3, -0.25) is 4.79 Å². The molecule has 176 valence electrons. The van der Waals surface area contributed by atoms with E-state index in [1.165, 1.54) is 12.1 Å². The molecule has 32 heavy (non-hydrogen) atoms. The molecule has 0 aliphatic carbocycles. The number of methoxy groups -OCH3 is 1. The number of carboxylic acids is 1. The Morgan fingerprint density at radius 1 is 1.03 bits per heavy atom. The molecule has 8 nitrogen and oxygen atoms in total. The predicted octanol–water partition coefficient (Wildman–Crippen LogP) is 2.91. The quantitative estimate of drug-likeness (QED) is 0.436. The molecule has 0 heterocycles. The first-order valence-electron chi connectivity index (χ1n) is 10.2. The van der Waals surface area contributed by atoms with Crippen molar-refractivity contribution in [3.63, 3.8) is 0 Å². The van der Waals surface area contributed by atoms with Crippen molar-refractivity contribution in [1.82, 2.24) is 4.72 Å². The van der Waals surface area contributed by atoms with Gasteiger partial charge in [-0.25, -0.2) is 8.42 Å². The van der Waals surface area contributed by atoms with Crippen molar-refractivity contribution in [2.75, 3.05) is 20.3 Å². The van der Waals surface area contributed by atoms with Gasteiger partial charge in [0.05, 0.1) is 18.6 Å². The zero-order valence-corrected chi connectivity index (χ0v) is 19.6. The van der Waals surface area contributed by atoms with Crippen molar-refractivity contribution >= 4 is 16.0 Å². The van der Waals surface area contributed by atoms with E-state index in [1.807, 2.05) is 32.9 Å². The van der Waals surface area contributed by atoms with Crippen LogP contribution in [-0.4, -0.2) is 57.1 Å². The van der Waals surface area contributed by atoms with Gasteiger partial charge in [0.25, 0.3) is 0 Å². The van der Waals surface area contributed by atoms with Gasteiger partial charge in [-0.05, 0) is 47.2 Å². The molecular formula is C23H31NO7S. The molecule has 9 heteroatoms. The molecule has 0 aliphatic heterocycles. The lowest BCUT2D eigenvalue weighted by atomic mass is 9.93. The fourth-order valence-corrected chi connectivity index (χ4v) is 4.04. The highest BCUT2D eigenvalue weighted by atomic mass is 32.2. The van der Waals surface area contributed by atoms with Crippen molar-refractivity contribution < 1.29 is 32.9 Å². The normalized spacial score (nSPS) is 14.0. The summed E-state index contributed by atoms with van der Waals surface area (Å²) in [5, 5.41) is 19.6. The van der Waals surface area contributed by atoms with Gasteiger partial charge >= 0.3 is 5.97 Å². The van der Waals surface area contributed by atoms with Gasteiger partial charge in [0.1, 0.15) is 17.9 Å². The number of aliphatic hydroxyl groups is 1. The third-order valence-electron chi connectivity index (χ3n) is 4.81. The van der Waals surface area contributed by atoms with Crippen LogP contribution in [0.2, 0.25) is 0 Å². The first-order valence-corrected chi connectivity index (χ1v) is 11.7. The van der Waals surface area contributed by atoms with E-state index in [2.05, 4.69) is 4.72 Å². The molecule has 2 rings (SSSR count). The molecule has 0 unspecified atom stereocenters. The van der Waals surface area contributed by atoms with Gasteiger partial charge in [-0.1, -0.05) is 45.0 Å². The smallest absolute Gasteiger partial charge is 0.324 e. The highest BCUT2D eigenvalue weighted by molar-refractivity contribution is 7.89. The fraction of sp³-hybridized carbons (Fsp3) is 0.435. The summed E-state index contributed by atoms with van der Waals surface area (Å²) >= 11 is 0. The van der Waals surface area contributed by atoms with Crippen LogP contribution in [0.15, 0.2) is 53.4 Å². The van der Waals surface area contributed by atoms with Gasteiger partial charge in [-0.15, -0.1) is 0 Å². The Hall–Kier alpha value is -2.46. The lowest BCUT2D eigenvalue weighted by Crippen LogP contribution is -2.50. The molecule has 0 radical (unpaired) electrons. The number of hydrogen-bond donors (Lipinski definition) is 3. The van der Waals surface area contributed by atoms with Crippen LogP contribution in [0.4, 0.5) is 0 Å². The number of aliphatic carboxylic acids is 1. The first kappa shape index (κ1) is 25.8. The summed E-state index contributed by atoms with van der Waals surface area (Å²) in [6, 6.07) is 11.6. The molecule has 0 spiro atoms. The van der Waals surface area contributed by atoms with Crippen molar-refractivity contribution in [1.29, 1.82) is 0 Å². The van der Waals surface area contributed by atoms with Crippen LogP contribution in [-0.2, 0) is 19.6 Å². The zero-order chi connectivity index (χ0) is 23.9. The molecule has 0 fully saturated rings. The van der Waals surface area contributed by atoms with Crippen LogP contribution in [0, 0.1) is 5.41 Å². The van der Waals surface area contributed by atoms with E-state index in [9.17, 15) is 23.4 Å². The van der Waals surface area contributed by atoms with Crippen LogP contribution in [0.5, 0.6) is 5.75 Å². The number of carbonyl (C=O) groups is 1. The average Bonchev–Trinajstić information content (AvgIpc) is 2.74. The lowest BCUT2D eigenvalue weighted by molar-refractivity contribution is -0.143. The van der Waals surface area contributed by atoms with E-state index < -0.39 is 28.1 Å². The third-order valence-corrected chi connectivity index (χ3v) is 6.26.